The number of hydrogen-bond acceptors (Lipinski definition) is 5. The van der Waals surface area contributed by atoms with E-state index in [0.29, 0.717) is 13.2 Å². The van der Waals surface area contributed by atoms with Crippen LogP contribution in [-0.4, -0.2) is 62.7 Å². The van der Waals surface area contributed by atoms with Gasteiger partial charge in [0.2, 0.25) is 0 Å². The van der Waals surface area contributed by atoms with E-state index in [-0.39, 0.29) is 12.5 Å². The van der Waals surface area contributed by atoms with Crippen molar-refractivity contribution in [3.8, 4) is 11.5 Å². The molecule has 1 aromatic carbocycles. The normalized spacial score (nSPS) is 16.9. The van der Waals surface area contributed by atoms with E-state index in [4.69, 9.17) is 14.2 Å². The Bertz CT molecular complexity index is 796. The smallest absolute Gasteiger partial charge is 0.154 e. The molecule has 5 nitrogen and oxygen atoms in total. The van der Waals surface area contributed by atoms with Gasteiger partial charge >= 0.3 is 0 Å². The topological polar surface area (TPSA) is 34.2 Å². The molecule has 2 atom stereocenters. The Morgan fingerprint density at radius 1 is 0.412 bits per heavy atom. The van der Waals surface area contributed by atoms with Gasteiger partial charge in [-0.1, -0.05) is 181 Å². The lowest BCUT2D eigenvalue weighted by Gasteiger charge is -2.29. The van der Waals surface area contributed by atoms with E-state index in [9.17, 15) is 0 Å². The van der Waals surface area contributed by atoms with E-state index < -0.39 is 0 Å². The van der Waals surface area contributed by atoms with Crippen molar-refractivity contribution in [2.45, 2.75) is 219 Å². The second-order valence-corrected chi connectivity index (χ2v) is 16.0. The van der Waals surface area contributed by atoms with Crippen molar-refractivity contribution in [1.82, 2.24) is 9.80 Å². The molecule has 2 aliphatic heterocycles. The Morgan fingerprint density at radius 2 is 0.667 bits per heavy atom. The summed E-state index contributed by atoms with van der Waals surface area (Å²) in [6.07, 6.45) is 40.8. The first kappa shape index (κ1) is 45.9. The third kappa shape index (κ3) is 25.4. The van der Waals surface area contributed by atoms with E-state index in [0.717, 1.165) is 37.4 Å². The molecule has 3 rings (SSSR count). The molecule has 2 heterocycles. The van der Waals surface area contributed by atoms with Gasteiger partial charge in [0.25, 0.3) is 0 Å². The maximum atomic E-state index is 6.50. The molecule has 0 amide bonds. The first-order valence-corrected chi connectivity index (χ1v) is 22.6. The first-order chi connectivity index (χ1) is 25.1. The minimum absolute atomic E-state index is 0.0262. The highest BCUT2D eigenvalue weighted by Crippen LogP contribution is 2.24. The number of fused-ring (bicyclic) bond motifs is 10. The molecule has 5 heteroatoms. The fourth-order valence-corrected chi connectivity index (χ4v) is 7.52. The lowest BCUT2D eigenvalue weighted by Crippen LogP contribution is -2.39. The summed E-state index contributed by atoms with van der Waals surface area (Å²) in [4.78, 5) is 4.78. The van der Waals surface area contributed by atoms with Gasteiger partial charge in [0.15, 0.2) is 12.5 Å². The molecule has 0 saturated heterocycles. The van der Waals surface area contributed by atoms with Crippen molar-refractivity contribution < 1.29 is 14.2 Å². The van der Waals surface area contributed by atoms with Crippen molar-refractivity contribution in [3.63, 3.8) is 0 Å². The fraction of sp³-hybridized carbons (Fsp3) is 0.870. The summed E-state index contributed by atoms with van der Waals surface area (Å²) in [6, 6.07) is 8.30. The Morgan fingerprint density at radius 3 is 0.941 bits per heavy atom. The second-order valence-electron chi connectivity index (χ2n) is 16.0. The average Bonchev–Trinajstić information content (AvgIpc) is 3.17. The van der Waals surface area contributed by atoms with Crippen LogP contribution >= 0.6 is 0 Å². The van der Waals surface area contributed by atoms with Crippen molar-refractivity contribution in [3.05, 3.63) is 24.3 Å². The van der Waals surface area contributed by atoms with E-state index in [2.05, 4.69) is 62.0 Å². The predicted octanol–water partition coefficient (Wildman–Crippen LogP) is 13.7. The molecule has 0 aromatic heterocycles. The molecule has 0 radical (unpaired) electrons. The summed E-state index contributed by atoms with van der Waals surface area (Å²) in [5, 5.41) is 0. The molecule has 0 saturated carbocycles. The van der Waals surface area contributed by atoms with E-state index in [1.54, 1.807) is 0 Å². The zero-order valence-electron chi connectivity index (χ0n) is 34.6. The highest BCUT2D eigenvalue weighted by molar-refractivity contribution is 5.31. The van der Waals surface area contributed by atoms with Gasteiger partial charge < -0.3 is 14.2 Å². The third-order valence-electron chi connectivity index (χ3n) is 11.1. The van der Waals surface area contributed by atoms with E-state index in [1.165, 1.54) is 180 Å². The van der Waals surface area contributed by atoms with Crippen molar-refractivity contribution in [2.75, 3.05) is 40.4 Å². The number of hydrogen-bond donors (Lipinski definition) is 0. The molecular formula is C46H86N2O3. The van der Waals surface area contributed by atoms with Crippen molar-refractivity contribution in [2.24, 2.45) is 0 Å². The molecule has 51 heavy (non-hydrogen) atoms. The minimum Gasteiger partial charge on any atom is -0.475 e. The first-order valence-electron chi connectivity index (χ1n) is 22.6. The molecule has 2 bridgehead atoms. The standard InChI is InChI=1S/C46H86N2O3/c1-5-7-9-11-13-15-17-19-21-23-25-27-29-31-39-47(3)45-37-41-49-42-38-46(51-44-35-33-43(50-45)34-36-44)48(4)40-32-30-28-26-24-22-20-18-16-14-12-10-8-6-2/h33-36,45-46H,5-32,37-42H2,1-4H3. The Balaban J connectivity index is 1.57. The summed E-state index contributed by atoms with van der Waals surface area (Å²) in [5.74, 6) is 1.82. The van der Waals surface area contributed by atoms with Crippen LogP contribution in [0.1, 0.15) is 206 Å². The number of unbranched alkanes of at least 4 members (excludes halogenated alkanes) is 26. The zero-order valence-corrected chi connectivity index (χ0v) is 34.6. The second kappa shape index (κ2) is 33.3. The molecule has 298 valence electrons. The van der Waals surface area contributed by atoms with Gasteiger partial charge in [-0.05, 0) is 51.2 Å². The van der Waals surface area contributed by atoms with E-state index >= 15 is 0 Å². The minimum atomic E-state index is 0.0262. The fourth-order valence-electron chi connectivity index (χ4n) is 7.52. The molecule has 0 aliphatic carbocycles. The van der Waals surface area contributed by atoms with Crippen LogP contribution in [0.15, 0.2) is 24.3 Å². The SMILES string of the molecule is CCCCCCCCCCCCCCCCN(C)C1CCOCCC(N(C)CCCCCCCCCCCCCCCC)Oc2ccc(cc2)O1. The maximum Gasteiger partial charge on any atom is 0.154 e. The highest BCUT2D eigenvalue weighted by atomic mass is 16.5. The Labute approximate surface area is 318 Å². The lowest BCUT2D eigenvalue weighted by atomic mass is 10.0. The molecule has 0 fully saturated rings. The van der Waals surface area contributed by atoms with Crippen LogP contribution in [0.4, 0.5) is 0 Å². The monoisotopic (exact) mass is 715 g/mol. The van der Waals surface area contributed by atoms with Crippen LogP contribution < -0.4 is 9.47 Å². The third-order valence-corrected chi connectivity index (χ3v) is 11.1. The number of ether oxygens (including phenoxy) is 3. The molecule has 0 N–H and O–H groups in total. The molecule has 1 aromatic rings. The number of rotatable bonds is 32. The highest BCUT2D eigenvalue weighted by Gasteiger charge is 2.20. The number of nitrogens with zero attached hydrogens (tertiary/aromatic N) is 2. The summed E-state index contributed by atoms with van der Waals surface area (Å²) in [6.45, 7) is 8.15. The predicted molar refractivity (Wildman–Crippen MR) is 221 cm³/mol. The molecule has 2 aliphatic rings. The molecular weight excluding hydrogens is 629 g/mol. The quantitative estimate of drug-likeness (QED) is 0.0694. The van der Waals surface area contributed by atoms with Gasteiger partial charge in [-0.2, -0.15) is 0 Å². The molecule has 2 unspecified atom stereocenters. The van der Waals surface area contributed by atoms with Crippen LogP contribution in [0.2, 0.25) is 0 Å². The summed E-state index contributed by atoms with van der Waals surface area (Å²) in [7, 11) is 4.43. The summed E-state index contributed by atoms with van der Waals surface area (Å²) < 4.78 is 19.2. The van der Waals surface area contributed by atoms with E-state index in [1.807, 2.05) is 0 Å². The zero-order chi connectivity index (χ0) is 36.5. The summed E-state index contributed by atoms with van der Waals surface area (Å²) >= 11 is 0. The van der Waals surface area contributed by atoms with Gasteiger partial charge in [0.1, 0.15) is 11.5 Å². The van der Waals surface area contributed by atoms with Gasteiger partial charge in [0, 0.05) is 25.9 Å². The number of benzene rings is 1. The van der Waals surface area contributed by atoms with Gasteiger partial charge in [-0.25, -0.2) is 0 Å². The van der Waals surface area contributed by atoms with Gasteiger partial charge in [-0.15, -0.1) is 0 Å². The van der Waals surface area contributed by atoms with Crippen LogP contribution in [0.5, 0.6) is 11.5 Å². The molecule has 0 spiro atoms. The van der Waals surface area contributed by atoms with Crippen LogP contribution in [0.25, 0.3) is 0 Å². The van der Waals surface area contributed by atoms with Gasteiger partial charge in [-0.3, -0.25) is 9.80 Å². The Hall–Kier alpha value is -1.30. The summed E-state index contributed by atoms with van der Waals surface area (Å²) in [5.41, 5.74) is 0. The van der Waals surface area contributed by atoms with Crippen LogP contribution in [0.3, 0.4) is 0 Å². The average molecular weight is 715 g/mol. The lowest BCUT2D eigenvalue weighted by molar-refractivity contribution is -0.00985. The van der Waals surface area contributed by atoms with Crippen molar-refractivity contribution in [1.29, 1.82) is 0 Å². The maximum absolute atomic E-state index is 6.50. The van der Waals surface area contributed by atoms with Crippen LogP contribution in [0, 0.1) is 0 Å². The van der Waals surface area contributed by atoms with Gasteiger partial charge in [0.05, 0.1) is 13.2 Å². The van der Waals surface area contributed by atoms with Crippen molar-refractivity contribution >= 4 is 0 Å². The largest absolute Gasteiger partial charge is 0.475 e. The van der Waals surface area contributed by atoms with Crippen LogP contribution in [-0.2, 0) is 4.74 Å². The Kier molecular flexibility index (Phi) is 29.9.